The van der Waals surface area contributed by atoms with Crippen LogP contribution in [0.15, 0.2) is 59.3 Å². The minimum absolute atomic E-state index is 0.0330. The molecule has 3 aromatic rings. The van der Waals surface area contributed by atoms with Crippen LogP contribution in [0.2, 0.25) is 0 Å². The molecule has 1 aliphatic heterocycles. The Bertz CT molecular complexity index is 1060. The molecule has 180 valence electrons. The molecule has 4 rings (SSSR count). The number of hydrogen-bond donors (Lipinski definition) is 0. The van der Waals surface area contributed by atoms with Crippen LogP contribution in [0.1, 0.15) is 34.3 Å². The second-order valence-electron chi connectivity index (χ2n) is 8.24. The molecule has 0 unspecified atom stereocenters. The van der Waals surface area contributed by atoms with Crippen molar-refractivity contribution in [2.45, 2.75) is 31.9 Å². The fourth-order valence-electron chi connectivity index (χ4n) is 4.15. The zero-order valence-electron chi connectivity index (χ0n) is 19.7. The van der Waals surface area contributed by atoms with Crippen LogP contribution in [-0.4, -0.2) is 50.9 Å². The van der Waals surface area contributed by atoms with E-state index in [4.69, 9.17) is 18.9 Å². The summed E-state index contributed by atoms with van der Waals surface area (Å²) in [6, 6.07) is 15.4. The van der Waals surface area contributed by atoms with E-state index in [0.717, 1.165) is 37.2 Å². The van der Waals surface area contributed by atoms with Crippen molar-refractivity contribution in [2.24, 2.45) is 0 Å². The van der Waals surface area contributed by atoms with Gasteiger partial charge in [0.05, 0.1) is 32.5 Å². The van der Waals surface area contributed by atoms with Crippen LogP contribution in [0.4, 0.5) is 0 Å². The maximum atomic E-state index is 13.7. The first kappa shape index (κ1) is 24.1. The predicted molar refractivity (Wildman–Crippen MR) is 133 cm³/mol. The SMILES string of the molecule is COc1cccc(C(=O)N(Cc2cccc(OCCc3ccsc3)c2)C[C@@H]2CCCO2)c1OC. The molecule has 7 heteroatoms. The standard InChI is InChI=1S/C27H31NO5S/c1-30-25-10-4-9-24(26(25)31-2)27(29)28(18-23-8-5-13-32-23)17-21-6-3-7-22(16-21)33-14-11-20-12-15-34-19-20/h3-4,6-7,9-10,12,15-16,19,23H,5,8,11,13-14,17-18H2,1-2H3/t23-/m0/s1. The Kier molecular flexibility index (Phi) is 8.44. The van der Waals surface area contributed by atoms with Gasteiger partial charge >= 0.3 is 0 Å². The van der Waals surface area contributed by atoms with E-state index in [1.165, 1.54) is 5.56 Å². The quantitative estimate of drug-likeness (QED) is 0.376. The summed E-state index contributed by atoms with van der Waals surface area (Å²) in [5, 5.41) is 4.22. The zero-order valence-corrected chi connectivity index (χ0v) is 20.5. The number of ether oxygens (including phenoxy) is 4. The van der Waals surface area contributed by atoms with Crippen LogP contribution in [0.25, 0.3) is 0 Å². The topological polar surface area (TPSA) is 57.2 Å². The third-order valence-electron chi connectivity index (χ3n) is 5.88. The maximum Gasteiger partial charge on any atom is 0.258 e. The molecule has 1 atom stereocenters. The van der Waals surface area contributed by atoms with Gasteiger partial charge in [0.15, 0.2) is 11.5 Å². The van der Waals surface area contributed by atoms with E-state index in [-0.39, 0.29) is 12.0 Å². The Hall–Kier alpha value is -3.03. The van der Waals surface area contributed by atoms with Crippen LogP contribution in [0, 0.1) is 0 Å². The monoisotopic (exact) mass is 481 g/mol. The molecule has 0 spiro atoms. The first-order chi connectivity index (χ1) is 16.7. The van der Waals surface area contributed by atoms with Gasteiger partial charge < -0.3 is 23.8 Å². The van der Waals surface area contributed by atoms with Gasteiger partial charge in [-0.1, -0.05) is 18.2 Å². The zero-order chi connectivity index (χ0) is 23.8. The lowest BCUT2D eigenvalue weighted by atomic mass is 10.1. The summed E-state index contributed by atoms with van der Waals surface area (Å²) >= 11 is 1.69. The number of rotatable bonds is 11. The van der Waals surface area contributed by atoms with Crippen molar-refractivity contribution in [1.29, 1.82) is 0 Å². The molecular weight excluding hydrogens is 450 g/mol. The lowest BCUT2D eigenvalue weighted by Crippen LogP contribution is -2.37. The minimum atomic E-state index is -0.116. The summed E-state index contributed by atoms with van der Waals surface area (Å²) in [6.45, 7) is 2.31. The van der Waals surface area contributed by atoms with Crippen molar-refractivity contribution in [3.8, 4) is 17.2 Å². The third kappa shape index (κ3) is 6.10. The van der Waals surface area contributed by atoms with Crippen LogP contribution >= 0.6 is 11.3 Å². The number of carbonyl (C=O) groups is 1. The Morgan fingerprint density at radius 2 is 2.00 bits per heavy atom. The van der Waals surface area contributed by atoms with E-state index in [9.17, 15) is 4.79 Å². The summed E-state index contributed by atoms with van der Waals surface area (Å²) < 4.78 is 22.8. The highest BCUT2D eigenvalue weighted by Crippen LogP contribution is 2.32. The Labute approximate surface area is 205 Å². The third-order valence-corrected chi connectivity index (χ3v) is 6.61. The van der Waals surface area contributed by atoms with Crippen LogP contribution < -0.4 is 14.2 Å². The Balaban J connectivity index is 1.50. The van der Waals surface area contributed by atoms with E-state index in [2.05, 4.69) is 16.8 Å². The molecule has 0 N–H and O–H groups in total. The van der Waals surface area contributed by atoms with Gasteiger partial charge in [0.2, 0.25) is 0 Å². The highest BCUT2D eigenvalue weighted by molar-refractivity contribution is 7.07. The van der Waals surface area contributed by atoms with Crippen molar-refractivity contribution in [3.63, 3.8) is 0 Å². The van der Waals surface area contributed by atoms with Crippen LogP contribution in [0.3, 0.4) is 0 Å². The molecule has 6 nitrogen and oxygen atoms in total. The smallest absolute Gasteiger partial charge is 0.258 e. The number of benzene rings is 2. The fourth-order valence-corrected chi connectivity index (χ4v) is 4.86. The van der Waals surface area contributed by atoms with Gasteiger partial charge in [-0.15, -0.1) is 0 Å². The van der Waals surface area contributed by atoms with Crippen molar-refractivity contribution < 1.29 is 23.7 Å². The molecule has 0 bridgehead atoms. The van der Waals surface area contributed by atoms with Gasteiger partial charge in [-0.25, -0.2) is 0 Å². The largest absolute Gasteiger partial charge is 0.493 e. The Morgan fingerprint density at radius 3 is 2.74 bits per heavy atom. The second-order valence-corrected chi connectivity index (χ2v) is 9.02. The predicted octanol–water partition coefficient (Wildman–Crippen LogP) is 5.21. The number of carbonyl (C=O) groups excluding carboxylic acids is 1. The van der Waals surface area contributed by atoms with Crippen molar-refractivity contribution in [3.05, 3.63) is 76.0 Å². The lowest BCUT2D eigenvalue weighted by molar-refractivity contribution is 0.0504. The first-order valence-electron chi connectivity index (χ1n) is 11.5. The summed E-state index contributed by atoms with van der Waals surface area (Å²) in [7, 11) is 3.12. The maximum absolute atomic E-state index is 13.7. The molecule has 1 amide bonds. The molecular formula is C27H31NO5S. The molecule has 1 aromatic heterocycles. The molecule has 2 aromatic carbocycles. The number of hydrogen-bond acceptors (Lipinski definition) is 6. The van der Waals surface area contributed by atoms with E-state index in [1.807, 2.05) is 29.2 Å². The Morgan fingerprint density at radius 1 is 1.12 bits per heavy atom. The molecule has 1 fully saturated rings. The van der Waals surface area contributed by atoms with Crippen LogP contribution in [0.5, 0.6) is 17.2 Å². The average Bonchev–Trinajstić information content (AvgIpc) is 3.57. The second kappa shape index (κ2) is 11.9. The number of methoxy groups -OCH3 is 2. The molecule has 2 heterocycles. The number of thiophene rings is 1. The van der Waals surface area contributed by atoms with Gasteiger partial charge in [-0.05, 0) is 65.1 Å². The molecule has 1 aliphatic rings. The van der Waals surface area contributed by atoms with E-state index in [0.29, 0.717) is 36.8 Å². The van der Waals surface area contributed by atoms with Crippen molar-refractivity contribution >= 4 is 17.2 Å². The molecule has 1 saturated heterocycles. The van der Waals surface area contributed by atoms with Gasteiger partial charge in [-0.3, -0.25) is 4.79 Å². The highest BCUT2D eigenvalue weighted by Gasteiger charge is 2.26. The number of amides is 1. The van der Waals surface area contributed by atoms with Crippen LogP contribution in [-0.2, 0) is 17.7 Å². The summed E-state index contributed by atoms with van der Waals surface area (Å²) in [5.74, 6) is 1.66. The summed E-state index contributed by atoms with van der Waals surface area (Å²) in [4.78, 5) is 15.5. The summed E-state index contributed by atoms with van der Waals surface area (Å²) in [5.41, 5.74) is 2.76. The first-order valence-corrected chi connectivity index (χ1v) is 12.5. The van der Waals surface area contributed by atoms with Gasteiger partial charge in [0.1, 0.15) is 5.75 Å². The lowest BCUT2D eigenvalue weighted by Gasteiger charge is -2.27. The number of para-hydroxylation sites is 1. The van der Waals surface area contributed by atoms with Crippen molar-refractivity contribution in [1.82, 2.24) is 4.90 Å². The average molecular weight is 482 g/mol. The summed E-state index contributed by atoms with van der Waals surface area (Å²) in [6.07, 6.45) is 2.87. The van der Waals surface area contributed by atoms with Gasteiger partial charge in [-0.2, -0.15) is 11.3 Å². The highest BCUT2D eigenvalue weighted by atomic mass is 32.1. The van der Waals surface area contributed by atoms with Gasteiger partial charge in [0.25, 0.3) is 5.91 Å². The van der Waals surface area contributed by atoms with E-state index < -0.39 is 0 Å². The van der Waals surface area contributed by atoms with E-state index in [1.54, 1.807) is 43.8 Å². The van der Waals surface area contributed by atoms with Gasteiger partial charge in [0, 0.05) is 26.1 Å². The molecule has 0 radical (unpaired) electrons. The normalized spacial score (nSPS) is 15.2. The minimum Gasteiger partial charge on any atom is -0.493 e. The molecule has 0 aliphatic carbocycles. The fraction of sp³-hybridized carbons (Fsp3) is 0.370. The molecule has 0 saturated carbocycles. The number of nitrogens with zero attached hydrogens (tertiary/aromatic N) is 1. The van der Waals surface area contributed by atoms with E-state index >= 15 is 0 Å². The molecule has 34 heavy (non-hydrogen) atoms. The van der Waals surface area contributed by atoms with Crippen molar-refractivity contribution in [2.75, 3.05) is 34.0 Å².